The molecule has 2 aromatic heterocycles. The number of carbonyl (C=O) groups excluding carboxylic acids is 1. The fraction of sp³-hybridized carbons (Fsp3) is 0.167. The first kappa shape index (κ1) is 18.3. The number of hydrogen-bond donors (Lipinski definition) is 0. The quantitative estimate of drug-likeness (QED) is 0.373. The maximum atomic E-state index is 12.1. The van der Waals surface area contributed by atoms with Crippen LogP contribution in [0.5, 0.6) is 0 Å². The third kappa shape index (κ3) is 4.03. The Morgan fingerprint density at radius 2 is 1.38 bits per heavy atom. The molecule has 132 valence electrons. The van der Waals surface area contributed by atoms with Crippen molar-refractivity contribution in [1.29, 1.82) is 0 Å². The fourth-order valence-electron chi connectivity index (χ4n) is 2.36. The monoisotopic (exact) mass is 384 g/mol. The summed E-state index contributed by atoms with van der Waals surface area (Å²) in [6.45, 7) is 0. The van der Waals surface area contributed by atoms with E-state index in [2.05, 4.69) is 19.9 Å². The van der Waals surface area contributed by atoms with Crippen LogP contribution in [0.3, 0.4) is 0 Å². The van der Waals surface area contributed by atoms with Crippen LogP contribution in [0, 0.1) is 0 Å². The van der Waals surface area contributed by atoms with Crippen LogP contribution in [0.2, 0.25) is 0 Å². The van der Waals surface area contributed by atoms with E-state index in [1.807, 2.05) is 30.7 Å². The molecule has 0 spiro atoms. The van der Waals surface area contributed by atoms with Crippen LogP contribution >= 0.6 is 23.5 Å². The van der Waals surface area contributed by atoms with Crippen molar-refractivity contribution in [1.82, 2.24) is 19.9 Å². The minimum Gasteiger partial charge on any atom is -0.465 e. The first-order valence-corrected chi connectivity index (χ1v) is 10.1. The van der Waals surface area contributed by atoms with E-state index in [4.69, 9.17) is 4.74 Å². The summed E-state index contributed by atoms with van der Waals surface area (Å²) in [6.07, 6.45) is 7.24. The number of esters is 1. The summed E-state index contributed by atoms with van der Waals surface area (Å²) in [7, 11) is 1.36. The van der Waals surface area contributed by atoms with Gasteiger partial charge in [0, 0.05) is 23.5 Å². The predicted molar refractivity (Wildman–Crippen MR) is 103 cm³/mol. The largest absolute Gasteiger partial charge is 0.465 e. The normalized spacial score (nSPS) is 10.6. The van der Waals surface area contributed by atoms with Gasteiger partial charge in [0.1, 0.15) is 0 Å². The average Bonchev–Trinajstić information content (AvgIpc) is 2.72. The Bertz CT molecular complexity index is 884. The maximum Gasteiger partial charge on any atom is 0.337 e. The van der Waals surface area contributed by atoms with Crippen LogP contribution < -0.4 is 0 Å². The highest BCUT2D eigenvalue weighted by atomic mass is 32.2. The fourth-order valence-corrected chi connectivity index (χ4v) is 3.07. The van der Waals surface area contributed by atoms with E-state index in [-0.39, 0.29) is 0 Å². The Hall–Kier alpha value is -2.45. The minimum atomic E-state index is -0.411. The first-order chi connectivity index (χ1) is 12.6. The molecule has 0 amide bonds. The predicted octanol–water partition coefficient (Wildman–Crippen LogP) is 3.83. The van der Waals surface area contributed by atoms with Gasteiger partial charge < -0.3 is 4.74 Å². The van der Waals surface area contributed by atoms with Crippen LogP contribution in [-0.2, 0) is 4.74 Å². The molecule has 6 nitrogen and oxygen atoms in total. The third-order valence-corrected chi connectivity index (χ3v) is 4.70. The van der Waals surface area contributed by atoms with Crippen molar-refractivity contribution in [3.8, 4) is 22.5 Å². The Morgan fingerprint density at radius 1 is 0.885 bits per heavy atom. The molecule has 0 aliphatic carbocycles. The zero-order valence-electron chi connectivity index (χ0n) is 14.5. The molecule has 8 heteroatoms. The van der Waals surface area contributed by atoms with Crippen LogP contribution in [0.15, 0.2) is 53.0 Å². The highest BCUT2D eigenvalue weighted by Gasteiger charge is 2.13. The molecule has 2 heterocycles. The van der Waals surface area contributed by atoms with E-state index in [1.165, 1.54) is 30.6 Å². The number of ether oxygens (including phenoxy) is 1. The van der Waals surface area contributed by atoms with Gasteiger partial charge in [-0.15, -0.1) is 0 Å². The second kappa shape index (κ2) is 8.29. The van der Waals surface area contributed by atoms with Crippen molar-refractivity contribution in [2.24, 2.45) is 0 Å². The van der Waals surface area contributed by atoms with Gasteiger partial charge in [-0.25, -0.2) is 24.7 Å². The summed E-state index contributed by atoms with van der Waals surface area (Å²) in [5.74, 6) is -0.411. The average molecular weight is 384 g/mol. The molecule has 1 aromatic carbocycles. The van der Waals surface area contributed by atoms with Crippen molar-refractivity contribution in [2.75, 3.05) is 19.6 Å². The number of benzene rings is 1. The van der Waals surface area contributed by atoms with E-state index in [1.54, 1.807) is 24.5 Å². The smallest absolute Gasteiger partial charge is 0.337 e. The van der Waals surface area contributed by atoms with E-state index in [0.717, 1.165) is 22.5 Å². The lowest BCUT2D eigenvalue weighted by molar-refractivity contribution is 0.0601. The summed E-state index contributed by atoms with van der Waals surface area (Å²) in [5, 5.41) is 1.33. The lowest BCUT2D eigenvalue weighted by atomic mass is 10.0. The summed E-state index contributed by atoms with van der Waals surface area (Å²) >= 11 is 2.92. The molecule has 0 aliphatic rings. The molecule has 0 fully saturated rings. The van der Waals surface area contributed by atoms with E-state index < -0.39 is 5.97 Å². The number of rotatable bonds is 5. The Morgan fingerprint density at radius 3 is 1.81 bits per heavy atom. The number of thioether (sulfide) groups is 2. The molecular formula is C18H16N4O2S2. The van der Waals surface area contributed by atoms with Gasteiger partial charge in [0.05, 0.1) is 24.1 Å². The van der Waals surface area contributed by atoms with Gasteiger partial charge in [-0.1, -0.05) is 23.5 Å². The standard InChI is InChI=1S/C18H16N4O2S2/c1-24-16(23)13-9-11(14-4-6-19-17(21-14)25-2)8-12(10-13)15-5-7-20-18(22-15)26-3/h4-10H,1-3H3. The number of hydrogen-bond acceptors (Lipinski definition) is 8. The highest BCUT2D eigenvalue weighted by molar-refractivity contribution is 7.98. The van der Waals surface area contributed by atoms with E-state index in [0.29, 0.717) is 15.9 Å². The minimum absolute atomic E-state index is 0.411. The van der Waals surface area contributed by atoms with Crippen LogP contribution in [0.25, 0.3) is 22.5 Å². The number of methoxy groups -OCH3 is 1. The Balaban J connectivity index is 2.16. The lowest BCUT2D eigenvalue weighted by Gasteiger charge is -2.09. The molecule has 0 bridgehead atoms. The zero-order valence-corrected chi connectivity index (χ0v) is 16.1. The molecule has 0 unspecified atom stereocenters. The first-order valence-electron chi connectivity index (χ1n) is 7.63. The van der Waals surface area contributed by atoms with Gasteiger partial charge in [0.15, 0.2) is 10.3 Å². The van der Waals surface area contributed by atoms with Crippen molar-refractivity contribution in [3.05, 3.63) is 48.3 Å². The summed E-state index contributed by atoms with van der Waals surface area (Å²) in [6, 6.07) is 9.10. The Kier molecular flexibility index (Phi) is 5.85. The molecule has 0 aliphatic heterocycles. The third-order valence-electron chi connectivity index (χ3n) is 3.58. The van der Waals surface area contributed by atoms with Crippen molar-refractivity contribution in [2.45, 2.75) is 10.3 Å². The molecule has 0 radical (unpaired) electrons. The summed E-state index contributed by atoms with van der Waals surface area (Å²) in [5.41, 5.74) is 3.49. The number of aromatic nitrogens is 4. The molecule has 26 heavy (non-hydrogen) atoms. The second-order valence-electron chi connectivity index (χ2n) is 5.15. The SMILES string of the molecule is COC(=O)c1cc(-c2ccnc(SC)n2)cc(-c2ccnc(SC)n2)c1. The van der Waals surface area contributed by atoms with Crippen molar-refractivity contribution in [3.63, 3.8) is 0 Å². The van der Waals surface area contributed by atoms with Gasteiger partial charge in [0.2, 0.25) is 0 Å². The van der Waals surface area contributed by atoms with Gasteiger partial charge in [-0.3, -0.25) is 0 Å². The lowest BCUT2D eigenvalue weighted by Crippen LogP contribution is -2.03. The van der Waals surface area contributed by atoms with E-state index >= 15 is 0 Å². The number of nitrogens with zero attached hydrogens (tertiary/aromatic N) is 4. The topological polar surface area (TPSA) is 77.9 Å². The molecule has 3 aromatic rings. The maximum absolute atomic E-state index is 12.1. The van der Waals surface area contributed by atoms with Crippen molar-refractivity contribution >= 4 is 29.5 Å². The number of carbonyl (C=O) groups is 1. The van der Waals surface area contributed by atoms with Gasteiger partial charge in [0.25, 0.3) is 0 Å². The van der Waals surface area contributed by atoms with Gasteiger partial charge >= 0.3 is 5.97 Å². The molecule has 0 saturated carbocycles. The zero-order chi connectivity index (χ0) is 18.5. The van der Waals surface area contributed by atoms with Crippen molar-refractivity contribution < 1.29 is 9.53 Å². The molecule has 0 atom stereocenters. The molecule has 0 N–H and O–H groups in total. The molecule has 0 saturated heterocycles. The van der Waals surface area contributed by atoms with Crippen LogP contribution in [0.4, 0.5) is 0 Å². The Labute approximate surface area is 159 Å². The highest BCUT2D eigenvalue weighted by Crippen LogP contribution is 2.28. The summed E-state index contributed by atoms with van der Waals surface area (Å²) < 4.78 is 4.90. The summed E-state index contributed by atoms with van der Waals surface area (Å²) in [4.78, 5) is 29.6. The van der Waals surface area contributed by atoms with Crippen LogP contribution in [0.1, 0.15) is 10.4 Å². The van der Waals surface area contributed by atoms with E-state index in [9.17, 15) is 4.79 Å². The van der Waals surface area contributed by atoms with Gasteiger partial charge in [-0.05, 0) is 42.8 Å². The molecule has 3 rings (SSSR count). The van der Waals surface area contributed by atoms with Gasteiger partial charge in [-0.2, -0.15) is 0 Å². The van der Waals surface area contributed by atoms with Crippen LogP contribution in [-0.4, -0.2) is 45.5 Å². The molecular weight excluding hydrogens is 368 g/mol. The second-order valence-corrected chi connectivity index (χ2v) is 6.69.